The fraction of sp³-hybridized carbons (Fsp3) is 0.111. The average molecular weight is 375 g/mol. The molecule has 1 saturated heterocycles. The van der Waals surface area contributed by atoms with Crippen LogP contribution in [0.2, 0.25) is 5.02 Å². The maximum atomic E-state index is 12.6. The molecule has 0 unspecified atom stereocenters. The number of hydrogen-bond donors (Lipinski definition) is 2. The predicted octanol–water partition coefficient (Wildman–Crippen LogP) is 3.31. The van der Waals surface area contributed by atoms with Gasteiger partial charge in [-0.1, -0.05) is 35.9 Å². The Morgan fingerprint density at radius 1 is 1.32 bits per heavy atom. The summed E-state index contributed by atoms with van der Waals surface area (Å²) < 4.78 is 5.01. The van der Waals surface area contributed by atoms with Crippen molar-refractivity contribution in [1.82, 2.24) is 10.2 Å². The van der Waals surface area contributed by atoms with Gasteiger partial charge in [-0.25, -0.2) is 0 Å². The van der Waals surface area contributed by atoms with E-state index >= 15 is 0 Å². The van der Waals surface area contributed by atoms with Gasteiger partial charge in [0.05, 0.1) is 13.7 Å². The largest absolute Gasteiger partial charge is 0.504 e. The second-order valence-corrected chi connectivity index (χ2v) is 6.20. The van der Waals surface area contributed by atoms with E-state index in [2.05, 4.69) is 5.32 Å². The first-order chi connectivity index (χ1) is 12.0. The topological polar surface area (TPSA) is 61.8 Å². The molecule has 2 N–H and O–H groups in total. The van der Waals surface area contributed by atoms with E-state index < -0.39 is 0 Å². The number of halogens is 1. The molecule has 128 valence electrons. The number of carbonyl (C=O) groups excluding carboxylic acids is 1. The number of ether oxygens (including phenoxy) is 1. The molecule has 2 aromatic rings. The average Bonchev–Trinajstić information content (AvgIpc) is 2.84. The molecule has 1 fully saturated rings. The van der Waals surface area contributed by atoms with Crippen molar-refractivity contribution in [2.24, 2.45) is 0 Å². The second-order valence-electron chi connectivity index (χ2n) is 5.40. The van der Waals surface area contributed by atoms with Gasteiger partial charge < -0.3 is 15.2 Å². The third kappa shape index (κ3) is 3.60. The third-order valence-corrected chi connectivity index (χ3v) is 4.45. The first kappa shape index (κ1) is 17.3. The molecule has 0 aromatic heterocycles. The molecule has 0 saturated carbocycles. The number of phenols is 1. The molecule has 25 heavy (non-hydrogen) atoms. The van der Waals surface area contributed by atoms with Crippen LogP contribution in [0.5, 0.6) is 11.5 Å². The second kappa shape index (κ2) is 7.13. The number of rotatable bonds is 4. The summed E-state index contributed by atoms with van der Waals surface area (Å²) in [6, 6.07) is 12.2. The van der Waals surface area contributed by atoms with Crippen molar-refractivity contribution in [3.8, 4) is 11.5 Å². The van der Waals surface area contributed by atoms with Crippen molar-refractivity contribution in [3.05, 3.63) is 64.3 Å². The summed E-state index contributed by atoms with van der Waals surface area (Å²) in [5.74, 6) is 0.113. The van der Waals surface area contributed by atoms with E-state index in [4.69, 9.17) is 28.6 Å². The van der Waals surface area contributed by atoms with Gasteiger partial charge in [0.2, 0.25) is 0 Å². The molecule has 7 heteroatoms. The van der Waals surface area contributed by atoms with Gasteiger partial charge in [0.15, 0.2) is 16.6 Å². The lowest BCUT2D eigenvalue weighted by atomic mass is 10.1. The Morgan fingerprint density at radius 3 is 2.76 bits per heavy atom. The van der Waals surface area contributed by atoms with E-state index in [9.17, 15) is 9.90 Å². The lowest BCUT2D eigenvalue weighted by Gasteiger charge is -2.14. The van der Waals surface area contributed by atoms with E-state index in [1.54, 1.807) is 24.3 Å². The number of benzene rings is 2. The Morgan fingerprint density at radius 2 is 2.08 bits per heavy atom. The van der Waals surface area contributed by atoms with Gasteiger partial charge in [-0.15, -0.1) is 0 Å². The quantitative estimate of drug-likeness (QED) is 0.635. The van der Waals surface area contributed by atoms with Crippen LogP contribution in [0.1, 0.15) is 11.1 Å². The van der Waals surface area contributed by atoms with Gasteiger partial charge in [0.1, 0.15) is 5.70 Å². The van der Waals surface area contributed by atoms with Crippen LogP contribution < -0.4 is 10.1 Å². The maximum Gasteiger partial charge on any atom is 0.276 e. The van der Waals surface area contributed by atoms with Gasteiger partial charge in [-0.05, 0) is 47.6 Å². The molecule has 2 aromatic carbocycles. The van der Waals surface area contributed by atoms with Gasteiger partial charge in [0, 0.05) is 5.02 Å². The van der Waals surface area contributed by atoms with Crippen molar-refractivity contribution >= 4 is 40.9 Å². The Balaban J connectivity index is 1.83. The Labute approximate surface area is 155 Å². The fourth-order valence-electron chi connectivity index (χ4n) is 2.48. The molecular formula is C18H15ClN2O3S. The van der Waals surface area contributed by atoms with Crippen LogP contribution in [0.4, 0.5) is 0 Å². The molecule has 1 aliphatic heterocycles. The van der Waals surface area contributed by atoms with Crippen molar-refractivity contribution in [3.63, 3.8) is 0 Å². The van der Waals surface area contributed by atoms with Crippen LogP contribution in [0.15, 0.2) is 48.2 Å². The SMILES string of the molecule is COc1ccc(/C=C2\NC(=S)N(Cc3ccccc3Cl)C2=O)cc1O. The minimum Gasteiger partial charge on any atom is -0.504 e. The summed E-state index contributed by atoms with van der Waals surface area (Å²) >= 11 is 11.4. The molecule has 0 spiro atoms. The highest BCUT2D eigenvalue weighted by Crippen LogP contribution is 2.28. The molecule has 1 heterocycles. The fourth-order valence-corrected chi connectivity index (χ4v) is 2.93. The predicted molar refractivity (Wildman–Crippen MR) is 100 cm³/mol. The van der Waals surface area contributed by atoms with E-state index in [1.165, 1.54) is 18.1 Å². The highest BCUT2D eigenvalue weighted by atomic mass is 35.5. The zero-order valence-corrected chi connectivity index (χ0v) is 14.9. The summed E-state index contributed by atoms with van der Waals surface area (Å²) in [6.45, 7) is 0.287. The Kier molecular flexibility index (Phi) is 4.92. The van der Waals surface area contributed by atoms with Gasteiger partial charge in [-0.3, -0.25) is 9.69 Å². The molecule has 0 radical (unpaired) electrons. The number of hydrogen-bond acceptors (Lipinski definition) is 4. The molecule has 0 aliphatic carbocycles. The minimum atomic E-state index is -0.250. The van der Waals surface area contributed by atoms with Crippen molar-refractivity contribution in [2.45, 2.75) is 6.54 Å². The van der Waals surface area contributed by atoms with Gasteiger partial charge >= 0.3 is 0 Å². The van der Waals surface area contributed by atoms with E-state index in [-0.39, 0.29) is 18.2 Å². The van der Waals surface area contributed by atoms with E-state index in [0.29, 0.717) is 27.1 Å². The number of nitrogens with zero attached hydrogens (tertiary/aromatic N) is 1. The number of thiocarbonyl (C=S) groups is 1. The van der Waals surface area contributed by atoms with Crippen LogP contribution in [0.3, 0.4) is 0 Å². The maximum absolute atomic E-state index is 12.6. The minimum absolute atomic E-state index is 0.00204. The molecule has 1 aliphatic rings. The third-order valence-electron chi connectivity index (χ3n) is 3.76. The standard InChI is InChI=1S/C18H15ClN2O3S/c1-24-16-7-6-11(9-15(16)22)8-14-17(23)21(18(25)20-14)10-12-4-2-3-5-13(12)19/h2-9,22H,10H2,1H3,(H,20,25)/b14-8-. The van der Waals surface area contributed by atoms with Crippen LogP contribution in [-0.2, 0) is 11.3 Å². The summed E-state index contributed by atoms with van der Waals surface area (Å²) in [5.41, 5.74) is 1.79. The molecule has 1 amide bonds. The smallest absolute Gasteiger partial charge is 0.276 e. The number of carbonyl (C=O) groups is 1. The lowest BCUT2D eigenvalue weighted by Crippen LogP contribution is -2.30. The van der Waals surface area contributed by atoms with Crippen molar-refractivity contribution < 1.29 is 14.6 Å². The molecule has 0 atom stereocenters. The highest BCUT2D eigenvalue weighted by molar-refractivity contribution is 7.80. The summed E-state index contributed by atoms with van der Waals surface area (Å²) in [6.07, 6.45) is 1.63. The summed E-state index contributed by atoms with van der Waals surface area (Å²) in [4.78, 5) is 14.1. The Bertz CT molecular complexity index is 882. The van der Waals surface area contributed by atoms with Crippen LogP contribution in [0.25, 0.3) is 6.08 Å². The van der Waals surface area contributed by atoms with E-state index in [0.717, 1.165) is 5.56 Å². The summed E-state index contributed by atoms with van der Waals surface area (Å²) in [7, 11) is 1.47. The first-order valence-electron chi connectivity index (χ1n) is 7.44. The molecule has 3 rings (SSSR count). The molecular weight excluding hydrogens is 360 g/mol. The summed E-state index contributed by atoms with van der Waals surface area (Å²) in [5, 5.41) is 13.6. The van der Waals surface area contributed by atoms with Gasteiger partial charge in [0.25, 0.3) is 5.91 Å². The number of nitrogens with one attached hydrogen (secondary N) is 1. The molecule has 0 bridgehead atoms. The number of aromatic hydroxyl groups is 1. The van der Waals surface area contributed by atoms with E-state index in [1.807, 2.05) is 18.2 Å². The van der Waals surface area contributed by atoms with Crippen molar-refractivity contribution in [2.75, 3.05) is 7.11 Å². The zero-order valence-electron chi connectivity index (χ0n) is 13.3. The van der Waals surface area contributed by atoms with Crippen LogP contribution in [0, 0.1) is 0 Å². The number of phenolic OH excluding ortho intramolecular Hbond substituents is 1. The molecule has 5 nitrogen and oxygen atoms in total. The van der Waals surface area contributed by atoms with Crippen LogP contribution >= 0.6 is 23.8 Å². The van der Waals surface area contributed by atoms with Crippen LogP contribution in [-0.4, -0.2) is 28.1 Å². The van der Waals surface area contributed by atoms with Gasteiger partial charge in [-0.2, -0.15) is 0 Å². The lowest BCUT2D eigenvalue weighted by molar-refractivity contribution is -0.122. The number of methoxy groups -OCH3 is 1. The Hall–Kier alpha value is -2.57. The number of amides is 1. The zero-order chi connectivity index (χ0) is 18.0. The van der Waals surface area contributed by atoms with Crippen molar-refractivity contribution in [1.29, 1.82) is 0 Å². The monoisotopic (exact) mass is 374 g/mol. The normalized spacial score (nSPS) is 15.6. The highest BCUT2D eigenvalue weighted by Gasteiger charge is 2.31. The first-order valence-corrected chi connectivity index (χ1v) is 8.23.